The highest BCUT2D eigenvalue weighted by molar-refractivity contribution is 7.92. The summed E-state index contributed by atoms with van der Waals surface area (Å²) >= 11 is 0. The fourth-order valence-corrected chi connectivity index (χ4v) is 10.1. The highest BCUT2D eigenvalue weighted by atomic mass is 32.2. The number of hydrogen-bond acceptors (Lipinski definition) is 16. The van der Waals surface area contributed by atoms with Crippen LogP contribution in [0.4, 0.5) is 21.6 Å². The first kappa shape index (κ1) is 54.4. The Bertz CT molecular complexity index is 2900. The number of ether oxygens (including phenoxy) is 5. The van der Waals surface area contributed by atoms with Crippen molar-refractivity contribution in [3.05, 3.63) is 94.4 Å². The number of sulfonamides is 1. The van der Waals surface area contributed by atoms with E-state index in [1.54, 1.807) is 36.4 Å². The molecule has 400 valence electrons. The molecule has 21 nitrogen and oxygen atoms in total. The summed E-state index contributed by atoms with van der Waals surface area (Å²) in [5.74, 6) is -3.39. The highest BCUT2D eigenvalue weighted by Gasteiger charge is 2.45. The maximum absolute atomic E-state index is 16.4. The van der Waals surface area contributed by atoms with Crippen LogP contribution in [0, 0.1) is 5.82 Å². The van der Waals surface area contributed by atoms with Gasteiger partial charge in [0, 0.05) is 72.2 Å². The largest absolute Gasteiger partial charge is 0.383 e. The number of hydrogen-bond donors (Lipinski definition) is 6. The Kier molecular flexibility index (Phi) is 18.5. The van der Waals surface area contributed by atoms with Gasteiger partial charge in [0.25, 0.3) is 17.7 Å². The third-order valence-corrected chi connectivity index (χ3v) is 14.3. The number of benzene rings is 3. The molecular weight excluding hydrogens is 996 g/mol. The normalized spacial score (nSPS) is 16.4. The van der Waals surface area contributed by atoms with Crippen molar-refractivity contribution < 1.29 is 65.3 Å². The van der Waals surface area contributed by atoms with Crippen molar-refractivity contribution in [2.24, 2.45) is 0 Å². The number of aromatic nitrogens is 1. The molecule has 1 atom stereocenters. The number of nitrogen functional groups attached to an aromatic ring is 1. The number of carbonyl (C=O) groups excluding carboxylic acids is 6. The number of pyridine rings is 1. The van der Waals surface area contributed by atoms with E-state index < -0.39 is 45.5 Å². The van der Waals surface area contributed by atoms with Crippen LogP contribution in [0.5, 0.6) is 0 Å². The van der Waals surface area contributed by atoms with Gasteiger partial charge in [-0.2, -0.15) is 0 Å². The van der Waals surface area contributed by atoms with Crippen LogP contribution in [0.15, 0.2) is 60.8 Å². The minimum atomic E-state index is -3.89. The lowest BCUT2D eigenvalue weighted by atomic mass is 9.93. The Morgan fingerprint density at radius 3 is 2.15 bits per heavy atom. The molecule has 4 aliphatic rings. The van der Waals surface area contributed by atoms with Gasteiger partial charge in [-0.3, -0.25) is 43.7 Å². The van der Waals surface area contributed by atoms with Gasteiger partial charge in [0.15, 0.2) is 0 Å². The van der Waals surface area contributed by atoms with E-state index in [-0.39, 0.29) is 97.1 Å². The van der Waals surface area contributed by atoms with E-state index in [1.807, 2.05) is 6.07 Å². The summed E-state index contributed by atoms with van der Waals surface area (Å²) in [7, 11) is -3.89. The number of amides is 6. The SMILES string of the molecule is Nc1ncc(-c2ccc(NS(=O)(=O)CCCNC(=O)CCOCCOCCOCCOCCOCCNc3cccc4c3C(=O)N(C3CCC(=O)NC3=O)C4=O)c(C3CC3)c2F)cc1-c1ccc2c(c1)CCNC2=O. The average molecular weight is 1060 g/mol. The van der Waals surface area contributed by atoms with Crippen molar-refractivity contribution in [2.75, 3.05) is 107 Å². The predicted octanol–water partition coefficient (Wildman–Crippen LogP) is 3.53. The molecule has 4 heterocycles. The van der Waals surface area contributed by atoms with Gasteiger partial charge < -0.3 is 45.4 Å². The number of nitrogens with two attached hydrogens (primary N) is 1. The van der Waals surface area contributed by atoms with E-state index in [0.29, 0.717) is 100 Å². The Hall–Kier alpha value is -6.89. The Labute approximate surface area is 433 Å². The van der Waals surface area contributed by atoms with E-state index in [9.17, 15) is 37.2 Å². The lowest BCUT2D eigenvalue weighted by Gasteiger charge is -2.27. The molecule has 7 N–H and O–H groups in total. The number of rotatable bonds is 29. The summed E-state index contributed by atoms with van der Waals surface area (Å²) in [6, 6.07) is 14.1. The molecule has 1 aliphatic carbocycles. The standard InChI is InChI=1S/C52H61FN8O13S/c53-47-36(35-30-39(48(54)58-31-35)33-7-8-37-34(29-33)13-16-57-49(37)64)9-10-41(45(47)32-5-6-32)60-75(68,69)28-2-15-56-43(62)14-18-70-20-22-72-24-26-74-27-25-73-23-21-71-19-17-55-40-4-1-3-38-46(40)52(67)61(51(38)66)42-11-12-44(63)59-50(42)65/h1,3-4,7-10,29-32,42,55,60H,2,5-6,11-28H2,(H2,54,58)(H,56,62)(H,57,64)(H,59,63,65). The number of nitrogens with one attached hydrogen (secondary N) is 5. The molecule has 1 aromatic heterocycles. The topological polar surface area (TPSA) is 285 Å². The Morgan fingerprint density at radius 1 is 0.747 bits per heavy atom. The number of fused-ring (bicyclic) bond motifs is 2. The Morgan fingerprint density at radius 2 is 1.44 bits per heavy atom. The maximum Gasteiger partial charge on any atom is 0.264 e. The van der Waals surface area contributed by atoms with Crippen molar-refractivity contribution in [2.45, 2.75) is 56.9 Å². The predicted molar refractivity (Wildman–Crippen MR) is 273 cm³/mol. The maximum atomic E-state index is 16.4. The van der Waals surface area contributed by atoms with Gasteiger partial charge in [0.1, 0.15) is 17.7 Å². The lowest BCUT2D eigenvalue weighted by Crippen LogP contribution is -2.54. The van der Waals surface area contributed by atoms with E-state index in [0.717, 1.165) is 28.9 Å². The average Bonchev–Trinajstić information content (AvgIpc) is 4.19. The monoisotopic (exact) mass is 1060 g/mol. The zero-order valence-corrected chi connectivity index (χ0v) is 42.2. The van der Waals surface area contributed by atoms with Crippen molar-refractivity contribution in [1.82, 2.24) is 25.8 Å². The molecule has 75 heavy (non-hydrogen) atoms. The summed E-state index contributed by atoms with van der Waals surface area (Å²) in [6.45, 7) is 4.06. The minimum Gasteiger partial charge on any atom is -0.383 e. The van der Waals surface area contributed by atoms with Crippen LogP contribution in [0.25, 0.3) is 22.3 Å². The third kappa shape index (κ3) is 14.1. The molecule has 6 amide bonds. The van der Waals surface area contributed by atoms with Gasteiger partial charge in [-0.05, 0) is 85.5 Å². The molecule has 23 heteroatoms. The van der Waals surface area contributed by atoms with Gasteiger partial charge >= 0.3 is 0 Å². The van der Waals surface area contributed by atoms with E-state index in [4.69, 9.17) is 29.4 Å². The van der Waals surface area contributed by atoms with Crippen LogP contribution in [-0.2, 0) is 54.5 Å². The molecule has 0 radical (unpaired) electrons. The minimum absolute atomic E-state index is 0.0430. The summed E-state index contributed by atoms with van der Waals surface area (Å²) in [4.78, 5) is 80.0. The van der Waals surface area contributed by atoms with Crippen LogP contribution in [0.2, 0.25) is 0 Å². The molecule has 4 aromatic rings. The van der Waals surface area contributed by atoms with Crippen molar-refractivity contribution in [1.29, 1.82) is 0 Å². The zero-order valence-electron chi connectivity index (χ0n) is 41.3. The summed E-state index contributed by atoms with van der Waals surface area (Å²) in [6.07, 6.45) is 3.94. The molecule has 0 spiro atoms. The van der Waals surface area contributed by atoms with Gasteiger partial charge in [-0.25, -0.2) is 17.8 Å². The summed E-state index contributed by atoms with van der Waals surface area (Å²) < 4.78 is 72.9. The molecule has 2 fully saturated rings. The van der Waals surface area contributed by atoms with Gasteiger partial charge in [0.2, 0.25) is 27.7 Å². The molecule has 3 aliphatic heterocycles. The number of anilines is 3. The summed E-state index contributed by atoms with van der Waals surface area (Å²) in [5.41, 5.74) is 11.2. The number of piperidine rings is 1. The van der Waals surface area contributed by atoms with E-state index in [1.165, 1.54) is 18.3 Å². The molecule has 3 aromatic carbocycles. The third-order valence-electron chi connectivity index (χ3n) is 12.9. The quantitative estimate of drug-likeness (QED) is 0.0335. The number of halogens is 1. The Balaban J connectivity index is 0.631. The van der Waals surface area contributed by atoms with Crippen LogP contribution in [-0.4, -0.2) is 151 Å². The first-order chi connectivity index (χ1) is 36.3. The van der Waals surface area contributed by atoms with Crippen molar-refractivity contribution >= 4 is 62.7 Å². The second-order valence-electron chi connectivity index (χ2n) is 18.2. The number of carbonyl (C=O) groups is 6. The van der Waals surface area contributed by atoms with E-state index >= 15 is 4.39 Å². The second-order valence-corrected chi connectivity index (χ2v) is 20.1. The van der Waals surface area contributed by atoms with Gasteiger partial charge in [-0.1, -0.05) is 18.2 Å². The van der Waals surface area contributed by atoms with E-state index in [2.05, 4.69) is 31.0 Å². The lowest BCUT2D eigenvalue weighted by molar-refractivity contribution is -0.136. The zero-order chi connectivity index (χ0) is 52.9. The van der Waals surface area contributed by atoms with Crippen molar-refractivity contribution in [3.8, 4) is 22.3 Å². The number of imide groups is 2. The fourth-order valence-electron chi connectivity index (χ4n) is 8.99. The van der Waals surface area contributed by atoms with Crippen molar-refractivity contribution in [3.63, 3.8) is 0 Å². The molecule has 1 saturated carbocycles. The fraction of sp³-hybridized carbons (Fsp3) is 0.442. The number of nitrogens with zero attached hydrogens (tertiary/aromatic N) is 2. The smallest absolute Gasteiger partial charge is 0.264 e. The molecule has 1 unspecified atom stereocenters. The summed E-state index contributed by atoms with van der Waals surface area (Å²) in [5, 5.41) is 10.8. The molecular formula is C52H61FN8O13S. The molecule has 1 saturated heterocycles. The van der Waals surface area contributed by atoms with Crippen LogP contribution in [0.3, 0.4) is 0 Å². The van der Waals surface area contributed by atoms with Gasteiger partial charge in [-0.15, -0.1) is 0 Å². The first-order valence-electron chi connectivity index (χ1n) is 25.0. The van der Waals surface area contributed by atoms with Crippen LogP contribution >= 0.6 is 0 Å². The second kappa shape index (κ2) is 25.6. The molecule has 8 rings (SSSR count). The first-order valence-corrected chi connectivity index (χ1v) is 26.7. The van der Waals surface area contributed by atoms with Crippen LogP contribution in [0.1, 0.15) is 86.6 Å². The van der Waals surface area contributed by atoms with Crippen LogP contribution < -0.4 is 31.7 Å². The highest BCUT2D eigenvalue weighted by Crippen LogP contribution is 2.47. The molecule has 0 bridgehead atoms. The van der Waals surface area contributed by atoms with Gasteiger partial charge in [0.05, 0.1) is 88.6 Å².